The highest BCUT2D eigenvalue weighted by Gasteiger charge is 2.16. The number of carboxylic acids is 1. The van der Waals surface area contributed by atoms with Crippen molar-refractivity contribution in [2.24, 2.45) is 0 Å². The lowest BCUT2D eigenvalue weighted by Crippen LogP contribution is -2.16. The molecule has 9 heteroatoms. The standard InChI is InChI=1S/C24H22N2O6S/c1-31-17-11-16(12-18(13-17)32-2)25-22(27)14-33-19-9-7-15(8-10-19)26-23(28)20-5-3-4-6-21(20)24(29)30/h3-13H,14H2,1-2H3,(H,25,27)(H,26,28)(H,29,30). The number of carbonyl (C=O) groups excluding carboxylic acids is 2. The molecule has 2 amide bonds. The number of methoxy groups -OCH3 is 2. The second-order valence-electron chi connectivity index (χ2n) is 6.77. The summed E-state index contributed by atoms with van der Waals surface area (Å²) in [6.45, 7) is 0. The smallest absolute Gasteiger partial charge is 0.336 e. The third kappa shape index (κ3) is 6.50. The molecule has 3 rings (SSSR count). The second-order valence-corrected chi connectivity index (χ2v) is 7.82. The molecule has 0 aromatic heterocycles. The van der Waals surface area contributed by atoms with Crippen LogP contribution in [0, 0.1) is 0 Å². The summed E-state index contributed by atoms with van der Waals surface area (Å²) in [5, 5.41) is 14.7. The molecule has 3 N–H and O–H groups in total. The molecule has 3 aromatic rings. The molecule has 0 aliphatic heterocycles. The number of benzene rings is 3. The molecule has 0 atom stereocenters. The summed E-state index contributed by atoms with van der Waals surface area (Å²) in [6, 6.07) is 18.0. The molecule has 0 aliphatic carbocycles. The van der Waals surface area contributed by atoms with E-state index in [1.54, 1.807) is 54.6 Å². The summed E-state index contributed by atoms with van der Waals surface area (Å²) < 4.78 is 10.4. The van der Waals surface area contributed by atoms with E-state index < -0.39 is 11.9 Å². The summed E-state index contributed by atoms with van der Waals surface area (Å²) in [7, 11) is 3.07. The zero-order valence-electron chi connectivity index (χ0n) is 18.0. The van der Waals surface area contributed by atoms with Gasteiger partial charge in [0, 0.05) is 34.5 Å². The van der Waals surface area contributed by atoms with Crippen LogP contribution in [-0.2, 0) is 4.79 Å². The molecule has 170 valence electrons. The Morgan fingerprint density at radius 3 is 2.00 bits per heavy atom. The molecule has 0 saturated carbocycles. The van der Waals surface area contributed by atoms with Crippen molar-refractivity contribution in [1.29, 1.82) is 0 Å². The van der Waals surface area contributed by atoms with Crippen molar-refractivity contribution in [3.05, 3.63) is 77.9 Å². The summed E-state index contributed by atoms with van der Waals surface area (Å²) in [5.41, 5.74) is 1.09. The minimum absolute atomic E-state index is 0.0677. The molecular formula is C24H22N2O6S. The number of ether oxygens (including phenoxy) is 2. The number of aromatic carboxylic acids is 1. The number of thioether (sulfide) groups is 1. The fraction of sp³-hybridized carbons (Fsp3) is 0.125. The van der Waals surface area contributed by atoms with Crippen LogP contribution < -0.4 is 20.1 Å². The van der Waals surface area contributed by atoms with Crippen molar-refractivity contribution in [1.82, 2.24) is 0 Å². The highest BCUT2D eigenvalue weighted by Crippen LogP contribution is 2.26. The van der Waals surface area contributed by atoms with Gasteiger partial charge in [-0.25, -0.2) is 4.79 Å². The van der Waals surface area contributed by atoms with Crippen LogP contribution in [0.1, 0.15) is 20.7 Å². The molecule has 3 aromatic carbocycles. The molecule has 0 unspecified atom stereocenters. The Bertz CT molecular complexity index is 1140. The number of carboxylic acid groups (broad SMARTS) is 1. The Hall–Kier alpha value is -3.98. The van der Waals surface area contributed by atoms with E-state index in [9.17, 15) is 19.5 Å². The topological polar surface area (TPSA) is 114 Å². The van der Waals surface area contributed by atoms with Crippen LogP contribution in [0.15, 0.2) is 71.6 Å². The molecular weight excluding hydrogens is 444 g/mol. The van der Waals surface area contributed by atoms with Crippen molar-refractivity contribution in [2.45, 2.75) is 4.90 Å². The highest BCUT2D eigenvalue weighted by molar-refractivity contribution is 8.00. The first kappa shape index (κ1) is 23.7. The van der Waals surface area contributed by atoms with Gasteiger partial charge in [0.05, 0.1) is 31.1 Å². The monoisotopic (exact) mass is 466 g/mol. The Kier molecular flexibility index (Phi) is 7.93. The van der Waals surface area contributed by atoms with Gasteiger partial charge in [-0.15, -0.1) is 11.8 Å². The Labute approximate surface area is 194 Å². The van der Waals surface area contributed by atoms with E-state index in [4.69, 9.17) is 9.47 Å². The number of rotatable bonds is 9. The average molecular weight is 467 g/mol. The minimum Gasteiger partial charge on any atom is -0.497 e. The van der Waals surface area contributed by atoms with E-state index in [0.29, 0.717) is 22.9 Å². The maximum atomic E-state index is 12.5. The van der Waals surface area contributed by atoms with Crippen LogP contribution >= 0.6 is 11.8 Å². The van der Waals surface area contributed by atoms with E-state index in [0.717, 1.165) is 4.90 Å². The van der Waals surface area contributed by atoms with Gasteiger partial charge < -0.3 is 25.2 Å². The number of nitrogens with one attached hydrogen (secondary N) is 2. The molecule has 0 bridgehead atoms. The van der Waals surface area contributed by atoms with Gasteiger partial charge in [0.15, 0.2) is 0 Å². The van der Waals surface area contributed by atoms with Crippen molar-refractivity contribution in [2.75, 3.05) is 30.6 Å². The lowest BCUT2D eigenvalue weighted by Gasteiger charge is -2.10. The lowest BCUT2D eigenvalue weighted by molar-refractivity contribution is -0.113. The average Bonchev–Trinajstić information content (AvgIpc) is 2.83. The molecule has 0 fully saturated rings. The van der Waals surface area contributed by atoms with Crippen LogP contribution in [-0.4, -0.2) is 42.9 Å². The first-order chi connectivity index (χ1) is 15.9. The van der Waals surface area contributed by atoms with Gasteiger partial charge in [-0.3, -0.25) is 9.59 Å². The van der Waals surface area contributed by atoms with Gasteiger partial charge in [0.25, 0.3) is 5.91 Å². The number of anilines is 2. The SMILES string of the molecule is COc1cc(NC(=O)CSc2ccc(NC(=O)c3ccccc3C(=O)O)cc2)cc(OC)c1. The predicted octanol–water partition coefficient (Wildman–Crippen LogP) is 4.39. The summed E-state index contributed by atoms with van der Waals surface area (Å²) in [5.74, 6) is -0.559. The van der Waals surface area contributed by atoms with Crippen molar-refractivity contribution < 1.29 is 29.0 Å². The first-order valence-electron chi connectivity index (χ1n) is 9.79. The van der Waals surface area contributed by atoms with Crippen LogP contribution in [0.25, 0.3) is 0 Å². The minimum atomic E-state index is -1.17. The van der Waals surface area contributed by atoms with Gasteiger partial charge in [-0.2, -0.15) is 0 Å². The molecule has 8 nitrogen and oxygen atoms in total. The summed E-state index contributed by atoms with van der Waals surface area (Å²) in [4.78, 5) is 36.9. The van der Waals surface area contributed by atoms with Gasteiger partial charge in [-0.05, 0) is 36.4 Å². The molecule has 0 saturated heterocycles. The fourth-order valence-corrected chi connectivity index (χ4v) is 3.62. The maximum absolute atomic E-state index is 12.5. The van der Waals surface area contributed by atoms with Crippen molar-refractivity contribution in [3.63, 3.8) is 0 Å². The van der Waals surface area contributed by atoms with Crippen LogP contribution in [0.4, 0.5) is 11.4 Å². The Morgan fingerprint density at radius 2 is 1.42 bits per heavy atom. The Balaban J connectivity index is 1.56. The summed E-state index contributed by atoms with van der Waals surface area (Å²) in [6.07, 6.45) is 0. The number of hydrogen-bond donors (Lipinski definition) is 3. The van der Waals surface area contributed by atoms with Crippen molar-refractivity contribution in [3.8, 4) is 11.5 Å². The zero-order chi connectivity index (χ0) is 23.8. The first-order valence-corrected chi connectivity index (χ1v) is 10.8. The van der Waals surface area contributed by atoms with Gasteiger partial charge in [-0.1, -0.05) is 12.1 Å². The van der Waals surface area contributed by atoms with E-state index in [2.05, 4.69) is 10.6 Å². The van der Waals surface area contributed by atoms with E-state index >= 15 is 0 Å². The third-order valence-corrected chi connectivity index (χ3v) is 5.53. The molecule has 33 heavy (non-hydrogen) atoms. The van der Waals surface area contributed by atoms with E-state index in [1.165, 1.54) is 38.1 Å². The fourth-order valence-electron chi connectivity index (χ4n) is 2.93. The zero-order valence-corrected chi connectivity index (χ0v) is 18.8. The van der Waals surface area contributed by atoms with Gasteiger partial charge in [0.1, 0.15) is 11.5 Å². The Morgan fingerprint density at radius 1 is 0.818 bits per heavy atom. The van der Waals surface area contributed by atoms with Gasteiger partial charge in [0.2, 0.25) is 5.91 Å². The van der Waals surface area contributed by atoms with Crippen molar-refractivity contribution >= 4 is 40.9 Å². The molecule has 0 aliphatic rings. The van der Waals surface area contributed by atoms with Crippen LogP contribution in [0.2, 0.25) is 0 Å². The van der Waals surface area contributed by atoms with E-state index in [-0.39, 0.29) is 22.8 Å². The second kappa shape index (κ2) is 11.1. The van der Waals surface area contributed by atoms with Crippen LogP contribution in [0.5, 0.6) is 11.5 Å². The summed E-state index contributed by atoms with van der Waals surface area (Å²) >= 11 is 1.33. The molecule has 0 radical (unpaired) electrons. The number of hydrogen-bond acceptors (Lipinski definition) is 6. The largest absolute Gasteiger partial charge is 0.497 e. The molecule has 0 spiro atoms. The maximum Gasteiger partial charge on any atom is 0.336 e. The normalized spacial score (nSPS) is 10.2. The number of carbonyl (C=O) groups is 3. The molecule has 0 heterocycles. The quantitative estimate of drug-likeness (QED) is 0.401. The van der Waals surface area contributed by atoms with Crippen LogP contribution in [0.3, 0.4) is 0 Å². The predicted molar refractivity (Wildman–Crippen MR) is 127 cm³/mol. The third-order valence-electron chi connectivity index (χ3n) is 4.52. The lowest BCUT2D eigenvalue weighted by atomic mass is 10.1. The van der Waals surface area contributed by atoms with Gasteiger partial charge >= 0.3 is 5.97 Å². The van der Waals surface area contributed by atoms with E-state index in [1.807, 2.05) is 0 Å². The number of amides is 2. The highest BCUT2D eigenvalue weighted by atomic mass is 32.2.